The van der Waals surface area contributed by atoms with Crippen molar-refractivity contribution in [3.05, 3.63) is 54.1 Å². The van der Waals surface area contributed by atoms with Crippen LogP contribution in [0.3, 0.4) is 0 Å². The zero-order chi connectivity index (χ0) is 16.5. The SMILES string of the molecule is O=C([C@@H]1C[C@@H]1c1cccc(F)c1)N1CCCC[C@@H]1Cn1cccn1. The molecule has 24 heavy (non-hydrogen) atoms. The lowest BCUT2D eigenvalue weighted by Gasteiger charge is -2.36. The number of aromatic nitrogens is 2. The van der Waals surface area contributed by atoms with Crippen molar-refractivity contribution < 1.29 is 9.18 Å². The molecular weight excluding hydrogens is 305 g/mol. The van der Waals surface area contributed by atoms with Crippen LogP contribution >= 0.6 is 0 Å². The third-order valence-electron chi connectivity index (χ3n) is 5.25. The van der Waals surface area contributed by atoms with Gasteiger partial charge in [-0.25, -0.2) is 4.39 Å². The van der Waals surface area contributed by atoms with Crippen LogP contribution in [0.5, 0.6) is 0 Å². The van der Waals surface area contributed by atoms with E-state index in [9.17, 15) is 9.18 Å². The molecular formula is C19H22FN3O. The molecule has 2 heterocycles. The molecule has 2 aliphatic rings. The number of halogens is 1. The molecule has 0 radical (unpaired) electrons. The van der Waals surface area contributed by atoms with E-state index in [4.69, 9.17) is 0 Å². The number of hydrogen-bond acceptors (Lipinski definition) is 2. The van der Waals surface area contributed by atoms with Gasteiger partial charge >= 0.3 is 0 Å². The highest BCUT2D eigenvalue weighted by molar-refractivity contribution is 5.83. The molecule has 1 aliphatic carbocycles. The Kier molecular flexibility index (Phi) is 4.08. The maximum atomic E-state index is 13.4. The Labute approximate surface area is 141 Å². The van der Waals surface area contributed by atoms with Gasteiger partial charge in [-0.1, -0.05) is 12.1 Å². The Bertz CT molecular complexity index is 715. The largest absolute Gasteiger partial charge is 0.338 e. The van der Waals surface area contributed by atoms with E-state index in [1.54, 1.807) is 18.3 Å². The van der Waals surface area contributed by atoms with Crippen LogP contribution in [-0.4, -0.2) is 33.2 Å². The first-order valence-corrected chi connectivity index (χ1v) is 8.76. The van der Waals surface area contributed by atoms with E-state index < -0.39 is 0 Å². The average Bonchev–Trinajstić information content (AvgIpc) is 3.24. The Hall–Kier alpha value is -2.17. The van der Waals surface area contributed by atoms with Crippen LogP contribution in [-0.2, 0) is 11.3 Å². The summed E-state index contributed by atoms with van der Waals surface area (Å²) in [6.45, 7) is 1.59. The number of carbonyl (C=O) groups is 1. The minimum Gasteiger partial charge on any atom is -0.338 e. The van der Waals surface area contributed by atoms with Gasteiger partial charge in [0.2, 0.25) is 5.91 Å². The van der Waals surface area contributed by atoms with E-state index in [0.717, 1.165) is 44.3 Å². The van der Waals surface area contributed by atoms with Crippen LogP contribution in [0.4, 0.5) is 4.39 Å². The summed E-state index contributed by atoms with van der Waals surface area (Å²) in [6.07, 6.45) is 7.82. The van der Waals surface area contributed by atoms with Gasteiger partial charge in [0.15, 0.2) is 0 Å². The molecule has 1 aromatic heterocycles. The molecule has 1 saturated heterocycles. The topological polar surface area (TPSA) is 38.1 Å². The molecule has 5 heteroatoms. The van der Waals surface area contributed by atoms with Crippen LogP contribution in [0.2, 0.25) is 0 Å². The van der Waals surface area contributed by atoms with Crippen molar-refractivity contribution in [2.24, 2.45) is 5.92 Å². The van der Waals surface area contributed by atoms with Gasteiger partial charge in [-0.2, -0.15) is 5.10 Å². The smallest absolute Gasteiger partial charge is 0.226 e. The van der Waals surface area contributed by atoms with Crippen LogP contribution in [0.1, 0.15) is 37.2 Å². The standard InChI is InChI=1S/C19H22FN3O/c20-15-6-3-5-14(11-15)17-12-18(17)19(24)23-10-2-1-7-16(23)13-22-9-4-8-21-22/h3-6,8-9,11,16-18H,1-2,7,10,12-13H2/t16-,17-,18-/m1/s1. The van der Waals surface area contributed by atoms with E-state index in [2.05, 4.69) is 10.00 Å². The van der Waals surface area contributed by atoms with Gasteiger partial charge in [-0.05, 0) is 55.4 Å². The highest BCUT2D eigenvalue weighted by Gasteiger charge is 2.47. The molecule has 0 N–H and O–H groups in total. The second-order valence-electron chi connectivity index (χ2n) is 6.91. The molecule has 3 atom stereocenters. The summed E-state index contributed by atoms with van der Waals surface area (Å²) < 4.78 is 15.3. The maximum absolute atomic E-state index is 13.4. The van der Waals surface area contributed by atoms with Gasteiger partial charge in [-0.3, -0.25) is 9.48 Å². The van der Waals surface area contributed by atoms with Gasteiger partial charge in [0.05, 0.1) is 12.6 Å². The van der Waals surface area contributed by atoms with Gasteiger partial charge < -0.3 is 4.90 Å². The number of amides is 1. The lowest BCUT2D eigenvalue weighted by atomic mass is 10.0. The van der Waals surface area contributed by atoms with Gasteiger partial charge in [0.25, 0.3) is 0 Å². The van der Waals surface area contributed by atoms with Gasteiger partial charge in [0, 0.05) is 24.9 Å². The number of rotatable bonds is 4. The molecule has 126 valence electrons. The summed E-state index contributed by atoms with van der Waals surface area (Å²) in [7, 11) is 0. The second kappa shape index (κ2) is 6.38. The van der Waals surface area contributed by atoms with Crippen molar-refractivity contribution in [1.82, 2.24) is 14.7 Å². The minimum absolute atomic E-state index is 0.0185. The minimum atomic E-state index is -0.222. The van der Waals surface area contributed by atoms with Crippen molar-refractivity contribution in [2.45, 2.75) is 44.2 Å². The molecule has 1 aromatic carbocycles. The van der Waals surface area contributed by atoms with E-state index in [-0.39, 0.29) is 29.6 Å². The molecule has 4 rings (SSSR count). The van der Waals surface area contributed by atoms with Crippen molar-refractivity contribution in [3.63, 3.8) is 0 Å². The molecule has 2 fully saturated rings. The molecule has 0 spiro atoms. The monoisotopic (exact) mass is 327 g/mol. The fraction of sp³-hybridized carbons (Fsp3) is 0.474. The van der Waals surface area contributed by atoms with Gasteiger partial charge in [-0.15, -0.1) is 0 Å². The number of likely N-dealkylation sites (tertiary alicyclic amines) is 1. The van der Waals surface area contributed by atoms with E-state index >= 15 is 0 Å². The van der Waals surface area contributed by atoms with Crippen molar-refractivity contribution in [1.29, 1.82) is 0 Å². The molecule has 4 nitrogen and oxygen atoms in total. The molecule has 1 amide bonds. The fourth-order valence-electron chi connectivity index (χ4n) is 3.89. The number of nitrogens with zero attached hydrogens (tertiary/aromatic N) is 3. The third kappa shape index (κ3) is 3.07. The van der Waals surface area contributed by atoms with Gasteiger partial charge in [0.1, 0.15) is 5.82 Å². The molecule has 1 aliphatic heterocycles. The van der Waals surface area contributed by atoms with E-state index in [0.29, 0.717) is 0 Å². The van der Waals surface area contributed by atoms with E-state index in [1.807, 2.05) is 23.0 Å². The predicted octanol–water partition coefficient (Wildman–Crippen LogP) is 3.21. The van der Waals surface area contributed by atoms with Crippen molar-refractivity contribution in [3.8, 4) is 0 Å². The Balaban J connectivity index is 1.45. The molecule has 1 saturated carbocycles. The summed E-state index contributed by atoms with van der Waals surface area (Å²) in [6, 6.07) is 8.81. The van der Waals surface area contributed by atoms with Crippen LogP contribution in [0.25, 0.3) is 0 Å². The number of hydrogen-bond donors (Lipinski definition) is 0. The maximum Gasteiger partial charge on any atom is 0.226 e. The lowest BCUT2D eigenvalue weighted by molar-refractivity contribution is -0.136. The summed E-state index contributed by atoms with van der Waals surface area (Å²) in [4.78, 5) is 15.0. The first kappa shape index (κ1) is 15.4. The summed E-state index contributed by atoms with van der Waals surface area (Å²) in [5.74, 6) is 0.215. The lowest BCUT2D eigenvalue weighted by Crippen LogP contribution is -2.46. The van der Waals surface area contributed by atoms with Crippen LogP contribution < -0.4 is 0 Å². The summed E-state index contributed by atoms with van der Waals surface area (Å²) >= 11 is 0. The summed E-state index contributed by atoms with van der Waals surface area (Å²) in [5, 5.41) is 4.27. The molecule has 0 bridgehead atoms. The molecule has 0 unspecified atom stereocenters. The molecule has 2 aromatic rings. The Morgan fingerprint density at radius 1 is 1.29 bits per heavy atom. The van der Waals surface area contributed by atoms with Crippen LogP contribution in [0, 0.1) is 11.7 Å². The first-order chi connectivity index (χ1) is 11.7. The summed E-state index contributed by atoms with van der Waals surface area (Å²) in [5.41, 5.74) is 0.953. The highest BCUT2D eigenvalue weighted by atomic mass is 19.1. The highest BCUT2D eigenvalue weighted by Crippen LogP contribution is 2.49. The zero-order valence-corrected chi connectivity index (χ0v) is 13.6. The predicted molar refractivity (Wildman–Crippen MR) is 88.8 cm³/mol. The van der Waals surface area contributed by atoms with E-state index in [1.165, 1.54) is 6.07 Å². The zero-order valence-electron chi connectivity index (χ0n) is 13.6. The van der Waals surface area contributed by atoms with Crippen molar-refractivity contribution in [2.75, 3.05) is 6.54 Å². The average molecular weight is 327 g/mol. The quantitative estimate of drug-likeness (QED) is 0.865. The Morgan fingerprint density at radius 2 is 2.21 bits per heavy atom. The fourth-order valence-corrected chi connectivity index (χ4v) is 3.89. The first-order valence-electron chi connectivity index (χ1n) is 8.76. The number of carbonyl (C=O) groups excluding carboxylic acids is 1. The second-order valence-corrected chi connectivity index (χ2v) is 6.91. The van der Waals surface area contributed by atoms with Crippen molar-refractivity contribution >= 4 is 5.91 Å². The Morgan fingerprint density at radius 3 is 3.00 bits per heavy atom. The normalized spacial score (nSPS) is 26.4. The third-order valence-corrected chi connectivity index (χ3v) is 5.25. The number of piperidine rings is 1. The number of benzene rings is 1. The van der Waals surface area contributed by atoms with Crippen LogP contribution in [0.15, 0.2) is 42.7 Å².